The Hall–Kier alpha value is -2.39. The SMILES string of the molecule is CN1CCCN(c2ccc(C#N)c(CN3CCN(Cc4ccccc4)CC3)c2)CC1. The fourth-order valence-corrected chi connectivity index (χ4v) is 4.51. The first kappa shape index (κ1) is 20.9. The maximum atomic E-state index is 9.64. The molecule has 2 aromatic rings. The summed E-state index contributed by atoms with van der Waals surface area (Å²) in [5.74, 6) is 0. The van der Waals surface area contributed by atoms with E-state index in [1.54, 1.807) is 0 Å². The number of hydrogen-bond donors (Lipinski definition) is 0. The number of piperazine rings is 1. The summed E-state index contributed by atoms with van der Waals surface area (Å²) in [7, 11) is 2.20. The first-order valence-corrected chi connectivity index (χ1v) is 11.2. The Bertz CT molecular complexity index is 852. The van der Waals surface area contributed by atoms with Crippen LogP contribution in [0, 0.1) is 11.3 Å². The Morgan fingerprint density at radius 2 is 1.53 bits per heavy atom. The molecule has 2 aliphatic heterocycles. The summed E-state index contributed by atoms with van der Waals surface area (Å²) in [4.78, 5) is 9.91. The number of nitriles is 1. The Labute approximate surface area is 181 Å². The van der Waals surface area contributed by atoms with Crippen molar-refractivity contribution in [3.8, 4) is 6.07 Å². The fraction of sp³-hybridized carbons (Fsp3) is 0.480. The summed E-state index contributed by atoms with van der Waals surface area (Å²) in [6.07, 6.45) is 1.19. The zero-order valence-electron chi connectivity index (χ0n) is 18.1. The van der Waals surface area contributed by atoms with Gasteiger partial charge in [0.05, 0.1) is 11.6 Å². The molecule has 2 aliphatic rings. The van der Waals surface area contributed by atoms with Gasteiger partial charge in [-0.2, -0.15) is 5.26 Å². The monoisotopic (exact) mass is 403 g/mol. The third-order valence-corrected chi connectivity index (χ3v) is 6.40. The molecule has 0 aromatic heterocycles. The highest BCUT2D eigenvalue weighted by Crippen LogP contribution is 2.23. The van der Waals surface area contributed by atoms with E-state index in [0.717, 1.165) is 71.0 Å². The summed E-state index contributed by atoms with van der Waals surface area (Å²) in [5.41, 5.74) is 4.64. The predicted molar refractivity (Wildman–Crippen MR) is 122 cm³/mol. The number of benzene rings is 2. The number of anilines is 1. The third kappa shape index (κ3) is 5.40. The number of nitrogens with zero attached hydrogens (tertiary/aromatic N) is 5. The van der Waals surface area contributed by atoms with Crippen molar-refractivity contribution in [1.82, 2.24) is 14.7 Å². The van der Waals surface area contributed by atoms with Gasteiger partial charge in [0.25, 0.3) is 0 Å². The first-order valence-electron chi connectivity index (χ1n) is 11.2. The summed E-state index contributed by atoms with van der Waals surface area (Å²) in [5, 5.41) is 9.64. The van der Waals surface area contributed by atoms with Crippen molar-refractivity contribution in [3.05, 3.63) is 65.2 Å². The van der Waals surface area contributed by atoms with Crippen LogP contribution in [0.15, 0.2) is 48.5 Å². The van der Waals surface area contributed by atoms with Crippen LogP contribution >= 0.6 is 0 Å². The van der Waals surface area contributed by atoms with Crippen LogP contribution in [-0.4, -0.2) is 74.1 Å². The van der Waals surface area contributed by atoms with E-state index in [0.29, 0.717) is 0 Å². The van der Waals surface area contributed by atoms with E-state index < -0.39 is 0 Å². The summed E-state index contributed by atoms with van der Waals surface area (Å²) < 4.78 is 0. The number of likely N-dealkylation sites (N-methyl/N-ethyl adjacent to an activating group) is 1. The molecule has 2 saturated heterocycles. The smallest absolute Gasteiger partial charge is 0.0995 e. The van der Waals surface area contributed by atoms with E-state index in [-0.39, 0.29) is 0 Å². The van der Waals surface area contributed by atoms with Crippen LogP contribution in [0.2, 0.25) is 0 Å². The minimum absolute atomic E-state index is 0.817. The highest BCUT2D eigenvalue weighted by molar-refractivity contribution is 5.54. The molecule has 0 N–H and O–H groups in total. The molecule has 0 radical (unpaired) electrons. The average Bonchev–Trinajstić information content (AvgIpc) is 3.00. The van der Waals surface area contributed by atoms with E-state index in [4.69, 9.17) is 0 Å². The van der Waals surface area contributed by atoms with Gasteiger partial charge in [0.1, 0.15) is 0 Å². The summed E-state index contributed by atoms with van der Waals surface area (Å²) in [6.45, 7) is 10.6. The molecule has 0 amide bonds. The van der Waals surface area contributed by atoms with Crippen LogP contribution in [0.5, 0.6) is 0 Å². The summed E-state index contributed by atoms with van der Waals surface area (Å²) in [6, 6.07) is 19.5. The zero-order valence-corrected chi connectivity index (χ0v) is 18.1. The molecule has 158 valence electrons. The lowest BCUT2D eigenvalue weighted by Crippen LogP contribution is -2.45. The van der Waals surface area contributed by atoms with Crippen molar-refractivity contribution in [2.45, 2.75) is 19.5 Å². The second-order valence-electron chi connectivity index (χ2n) is 8.64. The lowest BCUT2D eigenvalue weighted by atomic mass is 10.1. The van der Waals surface area contributed by atoms with Crippen molar-refractivity contribution >= 4 is 5.69 Å². The topological polar surface area (TPSA) is 36.8 Å². The molecule has 0 spiro atoms. The van der Waals surface area contributed by atoms with Gasteiger partial charge in [-0.25, -0.2) is 0 Å². The van der Waals surface area contributed by atoms with Crippen LogP contribution in [0.3, 0.4) is 0 Å². The molecule has 2 aromatic carbocycles. The molecule has 0 bridgehead atoms. The molecule has 5 nitrogen and oxygen atoms in total. The van der Waals surface area contributed by atoms with Gasteiger partial charge in [-0.15, -0.1) is 0 Å². The van der Waals surface area contributed by atoms with Crippen LogP contribution < -0.4 is 4.90 Å². The van der Waals surface area contributed by atoms with Crippen LogP contribution in [-0.2, 0) is 13.1 Å². The third-order valence-electron chi connectivity index (χ3n) is 6.40. The van der Waals surface area contributed by atoms with Crippen LogP contribution in [0.4, 0.5) is 5.69 Å². The molecule has 30 heavy (non-hydrogen) atoms. The van der Waals surface area contributed by atoms with Gasteiger partial charge >= 0.3 is 0 Å². The highest BCUT2D eigenvalue weighted by Gasteiger charge is 2.19. The summed E-state index contributed by atoms with van der Waals surface area (Å²) >= 11 is 0. The molecule has 2 fully saturated rings. The molecule has 0 saturated carbocycles. The van der Waals surface area contributed by atoms with Gasteiger partial charge in [-0.3, -0.25) is 9.80 Å². The maximum absolute atomic E-state index is 9.64. The van der Waals surface area contributed by atoms with E-state index in [2.05, 4.69) is 75.2 Å². The normalized spacial score (nSPS) is 19.4. The van der Waals surface area contributed by atoms with Gasteiger partial charge in [-0.1, -0.05) is 30.3 Å². The Morgan fingerprint density at radius 1 is 0.800 bits per heavy atom. The van der Waals surface area contributed by atoms with Gasteiger partial charge in [0.15, 0.2) is 0 Å². The fourth-order valence-electron chi connectivity index (χ4n) is 4.51. The van der Waals surface area contributed by atoms with Crippen molar-refractivity contribution in [3.63, 3.8) is 0 Å². The second kappa shape index (κ2) is 10.1. The largest absolute Gasteiger partial charge is 0.370 e. The molecule has 5 heteroatoms. The van der Waals surface area contributed by atoms with Crippen molar-refractivity contribution < 1.29 is 0 Å². The Kier molecular flexibility index (Phi) is 7.01. The van der Waals surface area contributed by atoms with Crippen molar-refractivity contribution in [1.29, 1.82) is 5.26 Å². The Morgan fingerprint density at radius 3 is 2.27 bits per heavy atom. The molecule has 4 rings (SSSR count). The van der Waals surface area contributed by atoms with E-state index >= 15 is 0 Å². The van der Waals surface area contributed by atoms with Gasteiger partial charge < -0.3 is 9.80 Å². The molecule has 0 aliphatic carbocycles. The minimum Gasteiger partial charge on any atom is -0.370 e. The Balaban J connectivity index is 1.37. The molecule has 0 unspecified atom stereocenters. The van der Waals surface area contributed by atoms with Crippen LogP contribution in [0.25, 0.3) is 0 Å². The van der Waals surface area contributed by atoms with Crippen molar-refractivity contribution in [2.24, 2.45) is 0 Å². The van der Waals surface area contributed by atoms with Gasteiger partial charge in [0, 0.05) is 64.6 Å². The van der Waals surface area contributed by atoms with E-state index in [1.807, 2.05) is 6.07 Å². The maximum Gasteiger partial charge on any atom is 0.0995 e. The van der Waals surface area contributed by atoms with Crippen molar-refractivity contribution in [2.75, 3.05) is 64.3 Å². The average molecular weight is 404 g/mol. The number of rotatable bonds is 5. The van der Waals surface area contributed by atoms with E-state index in [9.17, 15) is 5.26 Å². The predicted octanol–water partition coefficient (Wildman–Crippen LogP) is 3.02. The second-order valence-corrected chi connectivity index (χ2v) is 8.64. The zero-order chi connectivity index (χ0) is 20.8. The van der Waals surface area contributed by atoms with Crippen LogP contribution in [0.1, 0.15) is 23.1 Å². The highest BCUT2D eigenvalue weighted by atomic mass is 15.3. The molecule has 0 atom stereocenters. The molecule has 2 heterocycles. The van der Waals surface area contributed by atoms with Gasteiger partial charge in [0.2, 0.25) is 0 Å². The lowest BCUT2D eigenvalue weighted by Gasteiger charge is -2.35. The minimum atomic E-state index is 0.817. The quantitative estimate of drug-likeness (QED) is 0.767. The standard InChI is InChI=1S/C25H33N5/c1-27-10-5-11-30(17-12-27)25-9-8-23(19-26)24(18-25)21-29-15-13-28(14-16-29)20-22-6-3-2-4-7-22/h2-4,6-9,18H,5,10-17,20-21H2,1H3. The molecular formula is C25H33N5. The van der Waals surface area contributed by atoms with Gasteiger partial charge in [-0.05, 0) is 49.3 Å². The van der Waals surface area contributed by atoms with E-state index in [1.165, 1.54) is 23.2 Å². The first-order chi connectivity index (χ1) is 14.7. The molecular weight excluding hydrogens is 370 g/mol. The lowest BCUT2D eigenvalue weighted by molar-refractivity contribution is 0.122. The number of hydrogen-bond acceptors (Lipinski definition) is 5.